The van der Waals surface area contributed by atoms with Crippen LogP contribution in [0.3, 0.4) is 0 Å². The van der Waals surface area contributed by atoms with Crippen molar-refractivity contribution in [3.8, 4) is 5.75 Å². The number of carbonyl (C=O) groups excluding carboxylic acids is 1. The van der Waals surface area contributed by atoms with E-state index in [0.717, 1.165) is 4.90 Å². The first-order valence-electron chi connectivity index (χ1n) is 5.82. The smallest absolute Gasteiger partial charge is 0.164 e. The predicted molar refractivity (Wildman–Crippen MR) is 73.2 cm³/mol. The molecule has 1 aromatic rings. The number of carbonyl (C=O) groups is 1. The summed E-state index contributed by atoms with van der Waals surface area (Å²) < 4.78 is 5.26. The van der Waals surface area contributed by atoms with E-state index in [1.807, 2.05) is 18.2 Å². The Morgan fingerprint density at radius 2 is 1.94 bits per heavy atom. The number of benzene rings is 1. The lowest BCUT2D eigenvalue weighted by Crippen LogP contribution is -2.07. The Labute approximate surface area is 108 Å². The van der Waals surface area contributed by atoms with Gasteiger partial charge in [-0.15, -0.1) is 11.8 Å². The Balaban J connectivity index is 3.10. The summed E-state index contributed by atoms with van der Waals surface area (Å²) in [4.78, 5) is 12.7. The fourth-order valence-electron chi connectivity index (χ4n) is 1.46. The van der Waals surface area contributed by atoms with Gasteiger partial charge in [-0.05, 0) is 25.0 Å². The van der Waals surface area contributed by atoms with E-state index in [9.17, 15) is 4.79 Å². The van der Waals surface area contributed by atoms with Crippen LogP contribution in [-0.4, -0.2) is 18.1 Å². The summed E-state index contributed by atoms with van der Waals surface area (Å²) in [5.74, 6) is 1.30. The van der Waals surface area contributed by atoms with Gasteiger partial charge in [0.15, 0.2) is 5.78 Å². The first-order chi connectivity index (χ1) is 7.97. The van der Waals surface area contributed by atoms with E-state index in [2.05, 4.69) is 20.8 Å². The molecule has 0 spiro atoms. The van der Waals surface area contributed by atoms with E-state index in [1.165, 1.54) is 0 Å². The van der Waals surface area contributed by atoms with Crippen molar-refractivity contribution in [2.24, 2.45) is 5.92 Å². The lowest BCUT2D eigenvalue weighted by molar-refractivity contribution is 0.101. The summed E-state index contributed by atoms with van der Waals surface area (Å²) in [6.45, 7) is 8.14. The van der Waals surface area contributed by atoms with Gasteiger partial charge >= 0.3 is 0 Å². The van der Waals surface area contributed by atoms with Crippen LogP contribution in [0.2, 0.25) is 0 Å². The zero-order chi connectivity index (χ0) is 13.0. The lowest BCUT2D eigenvalue weighted by Gasteiger charge is -2.17. The molecule has 0 aliphatic carbocycles. The average Bonchev–Trinajstić information content (AvgIpc) is 2.27. The van der Waals surface area contributed by atoms with Crippen LogP contribution < -0.4 is 4.74 Å². The zero-order valence-corrected chi connectivity index (χ0v) is 11.9. The molecule has 2 nitrogen and oxygen atoms in total. The Morgan fingerprint density at radius 3 is 2.41 bits per heavy atom. The molecule has 1 atom stereocenters. The maximum atomic E-state index is 11.7. The molecule has 0 fully saturated rings. The van der Waals surface area contributed by atoms with Crippen molar-refractivity contribution in [3.63, 3.8) is 0 Å². The maximum Gasteiger partial charge on any atom is 0.164 e. The van der Waals surface area contributed by atoms with Crippen LogP contribution in [0.4, 0.5) is 0 Å². The van der Waals surface area contributed by atoms with Crippen molar-refractivity contribution in [2.45, 2.75) is 37.8 Å². The quantitative estimate of drug-likeness (QED) is 0.584. The third-order valence-corrected chi connectivity index (χ3v) is 4.32. The summed E-state index contributed by atoms with van der Waals surface area (Å²) in [6.07, 6.45) is 0. The molecule has 0 aliphatic rings. The molecule has 0 amide bonds. The molecule has 94 valence electrons. The number of thioether (sulfide) groups is 1. The highest BCUT2D eigenvalue weighted by molar-refractivity contribution is 8.00. The lowest BCUT2D eigenvalue weighted by atomic mass is 10.1. The van der Waals surface area contributed by atoms with Crippen LogP contribution in [0.1, 0.15) is 38.1 Å². The number of ketones is 1. The molecule has 0 radical (unpaired) electrons. The molecule has 0 heterocycles. The highest BCUT2D eigenvalue weighted by Crippen LogP contribution is 2.34. The summed E-state index contributed by atoms with van der Waals surface area (Å²) in [5, 5.41) is 0.472. The molecule has 1 unspecified atom stereocenters. The first-order valence-corrected chi connectivity index (χ1v) is 6.70. The molecule has 3 heteroatoms. The molecule has 0 bridgehead atoms. The largest absolute Gasteiger partial charge is 0.496 e. The summed E-state index contributed by atoms with van der Waals surface area (Å²) >= 11 is 1.74. The van der Waals surface area contributed by atoms with Crippen LogP contribution in [0.15, 0.2) is 23.1 Å². The van der Waals surface area contributed by atoms with Crippen molar-refractivity contribution in [2.75, 3.05) is 7.11 Å². The minimum atomic E-state index is 0.0564. The summed E-state index contributed by atoms with van der Waals surface area (Å²) in [6, 6.07) is 5.75. The third kappa shape index (κ3) is 3.50. The van der Waals surface area contributed by atoms with E-state index in [0.29, 0.717) is 22.5 Å². The van der Waals surface area contributed by atoms with Crippen molar-refractivity contribution in [1.29, 1.82) is 0 Å². The van der Waals surface area contributed by atoms with E-state index in [4.69, 9.17) is 4.74 Å². The van der Waals surface area contributed by atoms with E-state index in [-0.39, 0.29) is 5.78 Å². The van der Waals surface area contributed by atoms with Gasteiger partial charge in [-0.25, -0.2) is 0 Å². The van der Waals surface area contributed by atoms with Crippen LogP contribution in [-0.2, 0) is 0 Å². The number of Topliss-reactive ketones (excluding diaryl/α,β-unsaturated/α-hetero) is 1. The molecule has 0 aliphatic heterocycles. The van der Waals surface area contributed by atoms with Crippen LogP contribution in [0, 0.1) is 5.92 Å². The van der Waals surface area contributed by atoms with E-state index >= 15 is 0 Å². The molecule has 0 saturated carbocycles. The molecule has 0 aromatic heterocycles. The number of ether oxygens (including phenoxy) is 1. The zero-order valence-electron chi connectivity index (χ0n) is 11.1. The Bertz CT molecular complexity index is 399. The van der Waals surface area contributed by atoms with E-state index in [1.54, 1.807) is 25.8 Å². The third-order valence-electron chi connectivity index (χ3n) is 2.81. The normalized spacial score (nSPS) is 12.6. The number of methoxy groups -OCH3 is 1. The van der Waals surface area contributed by atoms with Crippen LogP contribution in [0.25, 0.3) is 0 Å². The van der Waals surface area contributed by atoms with Crippen molar-refractivity contribution >= 4 is 17.5 Å². The second-order valence-corrected chi connectivity index (χ2v) is 5.88. The Kier molecular flexibility index (Phi) is 5.06. The average molecular weight is 252 g/mol. The Morgan fingerprint density at radius 1 is 1.29 bits per heavy atom. The minimum absolute atomic E-state index is 0.0564. The number of rotatable bonds is 5. The topological polar surface area (TPSA) is 26.3 Å². The molecule has 0 N–H and O–H groups in total. The fourth-order valence-corrected chi connectivity index (χ4v) is 2.65. The minimum Gasteiger partial charge on any atom is -0.496 e. The maximum absolute atomic E-state index is 11.7. The summed E-state index contributed by atoms with van der Waals surface area (Å²) in [5.41, 5.74) is 0.701. The second kappa shape index (κ2) is 6.10. The van der Waals surface area contributed by atoms with Gasteiger partial charge in [0.25, 0.3) is 0 Å². The standard InChI is InChI=1S/C14H20O2S/c1-9(2)11(4)17-13-8-6-7-12(16-5)14(13)10(3)15/h6-9,11H,1-5H3. The number of hydrogen-bond donors (Lipinski definition) is 0. The highest BCUT2D eigenvalue weighted by Gasteiger charge is 2.17. The highest BCUT2D eigenvalue weighted by atomic mass is 32.2. The van der Waals surface area contributed by atoms with Gasteiger partial charge in [0.2, 0.25) is 0 Å². The van der Waals surface area contributed by atoms with Gasteiger partial charge in [-0.1, -0.05) is 26.8 Å². The molecule has 1 aromatic carbocycles. The van der Waals surface area contributed by atoms with E-state index < -0.39 is 0 Å². The van der Waals surface area contributed by atoms with Gasteiger partial charge in [-0.3, -0.25) is 4.79 Å². The van der Waals surface area contributed by atoms with Crippen molar-refractivity contribution in [3.05, 3.63) is 23.8 Å². The number of hydrogen-bond acceptors (Lipinski definition) is 3. The molecule has 17 heavy (non-hydrogen) atoms. The van der Waals surface area contributed by atoms with Gasteiger partial charge < -0.3 is 4.74 Å². The SMILES string of the molecule is COc1cccc(SC(C)C(C)C)c1C(C)=O. The second-order valence-electron chi connectivity index (χ2n) is 4.46. The van der Waals surface area contributed by atoms with Gasteiger partial charge in [-0.2, -0.15) is 0 Å². The molecule has 0 saturated heterocycles. The van der Waals surface area contributed by atoms with Crippen LogP contribution in [0.5, 0.6) is 5.75 Å². The predicted octanol–water partition coefficient (Wildman–Crippen LogP) is 4.03. The van der Waals surface area contributed by atoms with Gasteiger partial charge in [0, 0.05) is 10.1 Å². The molecular weight excluding hydrogens is 232 g/mol. The van der Waals surface area contributed by atoms with Gasteiger partial charge in [0.1, 0.15) is 5.75 Å². The first kappa shape index (κ1) is 14.1. The fraction of sp³-hybridized carbons (Fsp3) is 0.500. The monoisotopic (exact) mass is 252 g/mol. The Hall–Kier alpha value is -0.960. The summed E-state index contributed by atoms with van der Waals surface area (Å²) in [7, 11) is 1.60. The molecular formula is C14H20O2S. The van der Waals surface area contributed by atoms with Crippen molar-refractivity contribution < 1.29 is 9.53 Å². The molecule has 1 rings (SSSR count). The van der Waals surface area contributed by atoms with Crippen LogP contribution >= 0.6 is 11.8 Å². The van der Waals surface area contributed by atoms with Gasteiger partial charge in [0.05, 0.1) is 12.7 Å². The van der Waals surface area contributed by atoms with Crippen molar-refractivity contribution in [1.82, 2.24) is 0 Å².